The lowest BCUT2D eigenvalue weighted by Gasteiger charge is -2.26. The number of nitrogens with zero attached hydrogens (tertiary/aromatic N) is 2. The highest BCUT2D eigenvalue weighted by atomic mass is 16.3. The van der Waals surface area contributed by atoms with Crippen LogP contribution in [-0.2, 0) is 0 Å². The molecule has 0 aliphatic carbocycles. The van der Waals surface area contributed by atoms with Gasteiger partial charge in [-0.25, -0.2) is 0 Å². The molecule has 0 saturated heterocycles. The Morgan fingerprint density at radius 1 is 0.333 bits per heavy atom. The first-order valence-corrected chi connectivity index (χ1v) is 19.3. The van der Waals surface area contributed by atoms with Crippen molar-refractivity contribution in [2.45, 2.75) is 0 Å². The van der Waals surface area contributed by atoms with Crippen LogP contribution in [0.2, 0.25) is 0 Å². The van der Waals surface area contributed by atoms with Gasteiger partial charge in [-0.15, -0.1) is 0 Å². The van der Waals surface area contributed by atoms with Gasteiger partial charge in [0.2, 0.25) is 0 Å². The molecule has 3 heterocycles. The zero-order valence-corrected chi connectivity index (χ0v) is 30.7. The number of para-hydroxylation sites is 2. The van der Waals surface area contributed by atoms with Crippen LogP contribution in [0, 0.1) is 0 Å². The summed E-state index contributed by atoms with van der Waals surface area (Å²) < 4.78 is 13.1. The average Bonchev–Trinajstić information content (AvgIpc) is 3.86. The highest BCUT2D eigenvalue weighted by Gasteiger charge is 2.18. The molecule has 0 amide bonds. The van der Waals surface area contributed by atoms with Crippen LogP contribution in [-0.4, -0.2) is 4.98 Å². The van der Waals surface area contributed by atoms with E-state index in [2.05, 4.69) is 163 Å². The molecule has 0 unspecified atom stereocenters. The molecule has 57 heavy (non-hydrogen) atoms. The summed E-state index contributed by atoms with van der Waals surface area (Å²) in [5.41, 5.74) is 11.0. The Bertz CT molecular complexity index is 3370. The van der Waals surface area contributed by atoms with Gasteiger partial charge in [0.05, 0.1) is 5.69 Å². The van der Waals surface area contributed by atoms with E-state index in [0.717, 1.165) is 110 Å². The molecule has 9 aromatic carbocycles. The number of aromatic nitrogens is 1. The van der Waals surface area contributed by atoms with E-state index >= 15 is 0 Å². The van der Waals surface area contributed by atoms with Gasteiger partial charge in [-0.05, 0) is 94.0 Å². The first kappa shape index (κ1) is 31.6. The molecule has 0 N–H and O–H groups in total. The van der Waals surface area contributed by atoms with Crippen molar-refractivity contribution in [1.82, 2.24) is 4.98 Å². The molecule has 266 valence electrons. The lowest BCUT2D eigenvalue weighted by atomic mass is 10.0. The molecule has 0 saturated carbocycles. The third-order valence-corrected chi connectivity index (χ3v) is 11.5. The minimum atomic E-state index is 0.892. The first-order chi connectivity index (χ1) is 28.2. The highest BCUT2D eigenvalue weighted by Crippen LogP contribution is 2.43. The molecule has 0 fully saturated rings. The van der Waals surface area contributed by atoms with Crippen molar-refractivity contribution in [3.8, 4) is 22.4 Å². The van der Waals surface area contributed by atoms with Crippen molar-refractivity contribution in [1.29, 1.82) is 0 Å². The van der Waals surface area contributed by atoms with Gasteiger partial charge in [-0.2, -0.15) is 0 Å². The number of rotatable bonds is 5. The quantitative estimate of drug-likeness (QED) is 0.177. The summed E-state index contributed by atoms with van der Waals surface area (Å²) in [6.45, 7) is 0. The zero-order chi connectivity index (χ0) is 37.5. The number of benzene rings is 9. The number of hydrogen-bond donors (Lipinski definition) is 0. The number of anilines is 3. The molecule has 0 aliphatic rings. The third kappa shape index (κ3) is 5.12. The predicted octanol–water partition coefficient (Wildman–Crippen LogP) is 15.1. The summed E-state index contributed by atoms with van der Waals surface area (Å²) in [7, 11) is 0. The van der Waals surface area contributed by atoms with Crippen molar-refractivity contribution in [3.05, 3.63) is 194 Å². The highest BCUT2D eigenvalue weighted by molar-refractivity contribution is 6.17. The van der Waals surface area contributed by atoms with Crippen molar-refractivity contribution in [3.63, 3.8) is 0 Å². The normalized spacial score (nSPS) is 11.9. The first-order valence-electron chi connectivity index (χ1n) is 19.3. The molecule has 0 spiro atoms. The van der Waals surface area contributed by atoms with Crippen LogP contribution in [0.15, 0.2) is 203 Å². The van der Waals surface area contributed by atoms with Gasteiger partial charge >= 0.3 is 0 Å². The molecule has 0 bridgehead atoms. The Labute approximate surface area is 327 Å². The van der Waals surface area contributed by atoms with Crippen molar-refractivity contribution < 1.29 is 8.83 Å². The molecule has 0 atom stereocenters. The van der Waals surface area contributed by atoms with Gasteiger partial charge in [0.15, 0.2) is 0 Å². The summed E-state index contributed by atoms with van der Waals surface area (Å²) >= 11 is 0. The summed E-state index contributed by atoms with van der Waals surface area (Å²) in [6.07, 6.45) is 1.95. The van der Waals surface area contributed by atoms with Gasteiger partial charge in [-0.1, -0.05) is 121 Å². The Hall–Kier alpha value is -7.69. The Morgan fingerprint density at radius 3 is 1.40 bits per heavy atom. The molecule has 0 aliphatic heterocycles. The summed E-state index contributed by atoms with van der Waals surface area (Å²) in [6, 6.07) is 66.6. The number of pyridine rings is 1. The van der Waals surface area contributed by atoms with E-state index < -0.39 is 0 Å². The van der Waals surface area contributed by atoms with Crippen LogP contribution >= 0.6 is 0 Å². The Balaban J connectivity index is 0.990. The van der Waals surface area contributed by atoms with Gasteiger partial charge < -0.3 is 13.7 Å². The Morgan fingerprint density at radius 2 is 0.807 bits per heavy atom. The Kier molecular flexibility index (Phi) is 6.89. The molecule has 12 rings (SSSR count). The molecule has 12 aromatic rings. The van der Waals surface area contributed by atoms with Gasteiger partial charge in [0.25, 0.3) is 0 Å². The van der Waals surface area contributed by atoms with E-state index in [1.165, 1.54) is 5.39 Å². The smallest absolute Gasteiger partial charge is 0.143 e. The summed E-state index contributed by atoms with van der Waals surface area (Å²) in [5.74, 6) is 0. The fourth-order valence-corrected chi connectivity index (χ4v) is 8.58. The molecule has 3 aromatic heterocycles. The maximum absolute atomic E-state index is 6.53. The second-order valence-corrected chi connectivity index (χ2v) is 14.8. The van der Waals surface area contributed by atoms with Crippen LogP contribution in [0.25, 0.3) is 98.6 Å². The SMILES string of the molecule is c1ccc2cc(-c3ccc(-c4ccc(N(c5ccc6ccc7c8ccccc8oc7c6c5)c5ccc6ccc7c8ccccc8oc7c6c5)cc4)cc3)ncc2c1. The van der Waals surface area contributed by atoms with Gasteiger partial charge in [0.1, 0.15) is 22.3 Å². The number of hydrogen-bond acceptors (Lipinski definition) is 4. The predicted molar refractivity (Wildman–Crippen MR) is 237 cm³/mol. The minimum Gasteiger partial charge on any atom is -0.455 e. The van der Waals surface area contributed by atoms with Crippen LogP contribution in [0.5, 0.6) is 0 Å². The van der Waals surface area contributed by atoms with E-state index in [9.17, 15) is 0 Å². The molecule has 0 radical (unpaired) electrons. The van der Waals surface area contributed by atoms with E-state index in [4.69, 9.17) is 13.8 Å². The van der Waals surface area contributed by atoms with Crippen LogP contribution in [0.3, 0.4) is 0 Å². The zero-order valence-electron chi connectivity index (χ0n) is 30.7. The standard InChI is InChI=1S/C53H32N2O2/c1-2-8-39-32-54-49(29-38(39)7-1)37-15-13-33(14-16-37)34-17-23-40(24-18-34)55(41-25-19-35-21-27-45-43-9-3-5-11-50(43)56-52(45)47(35)30-41)42-26-20-36-22-28-46-44-10-4-6-12-51(44)57-53(46)48(36)31-42/h1-32H. The van der Waals surface area contributed by atoms with Crippen molar-refractivity contribution >= 4 is 93.3 Å². The van der Waals surface area contributed by atoms with Crippen molar-refractivity contribution in [2.75, 3.05) is 4.90 Å². The lowest BCUT2D eigenvalue weighted by Crippen LogP contribution is -2.10. The van der Waals surface area contributed by atoms with Gasteiger partial charge in [-0.3, -0.25) is 4.98 Å². The lowest BCUT2D eigenvalue weighted by molar-refractivity contribution is 0.672. The van der Waals surface area contributed by atoms with Crippen LogP contribution in [0.1, 0.15) is 0 Å². The van der Waals surface area contributed by atoms with Gasteiger partial charge in [0, 0.05) is 66.5 Å². The van der Waals surface area contributed by atoms with E-state index in [0.29, 0.717) is 0 Å². The maximum atomic E-state index is 6.53. The number of fused-ring (bicyclic) bond motifs is 11. The van der Waals surface area contributed by atoms with Crippen molar-refractivity contribution in [2.24, 2.45) is 0 Å². The second kappa shape index (κ2) is 12.4. The van der Waals surface area contributed by atoms with Crippen LogP contribution < -0.4 is 4.90 Å². The maximum Gasteiger partial charge on any atom is 0.143 e. The fraction of sp³-hybridized carbons (Fsp3) is 0. The fourth-order valence-electron chi connectivity index (χ4n) is 8.58. The average molecular weight is 729 g/mol. The van der Waals surface area contributed by atoms with E-state index in [-0.39, 0.29) is 0 Å². The third-order valence-electron chi connectivity index (χ3n) is 11.5. The monoisotopic (exact) mass is 728 g/mol. The molecule has 4 heteroatoms. The molecular weight excluding hydrogens is 697 g/mol. The second-order valence-electron chi connectivity index (χ2n) is 14.8. The largest absolute Gasteiger partial charge is 0.455 e. The molecule has 4 nitrogen and oxygen atoms in total. The summed E-state index contributed by atoms with van der Waals surface area (Å²) in [5, 5.41) is 11.2. The number of furan rings is 2. The summed E-state index contributed by atoms with van der Waals surface area (Å²) in [4.78, 5) is 7.08. The van der Waals surface area contributed by atoms with E-state index in [1.807, 2.05) is 36.5 Å². The minimum absolute atomic E-state index is 0.892. The van der Waals surface area contributed by atoms with Crippen LogP contribution in [0.4, 0.5) is 17.1 Å². The molecular formula is C53H32N2O2. The van der Waals surface area contributed by atoms with E-state index in [1.54, 1.807) is 0 Å². The topological polar surface area (TPSA) is 42.4 Å².